The molecule has 3 nitrogen and oxygen atoms in total. The predicted molar refractivity (Wildman–Crippen MR) is 55.4 cm³/mol. The van der Waals surface area contributed by atoms with Crippen molar-refractivity contribution >= 4 is 28.2 Å². The Labute approximate surface area is 96.4 Å². The van der Waals surface area contributed by atoms with Crippen LogP contribution in [0.3, 0.4) is 0 Å². The molecule has 2 aromatic rings. The smallest absolute Gasteiger partial charge is 0.236 e. The summed E-state index contributed by atoms with van der Waals surface area (Å²) in [6.07, 6.45) is -3.27. The van der Waals surface area contributed by atoms with Gasteiger partial charge in [-0.1, -0.05) is 0 Å². The Kier molecular flexibility index (Phi) is 2.36. The van der Waals surface area contributed by atoms with Gasteiger partial charge in [-0.25, -0.2) is 9.50 Å². The zero-order valence-corrected chi connectivity index (χ0v) is 9.67. The van der Waals surface area contributed by atoms with Crippen LogP contribution in [0.5, 0.6) is 0 Å². The standard InChI is InChI=1S/C8H5F3IN3/c1-4-6(12)7-13-3-2-5(8(9,10)11)15(7)14-4/h2-3H,1H3. The van der Waals surface area contributed by atoms with Gasteiger partial charge in [0.25, 0.3) is 0 Å². The number of rotatable bonds is 0. The molecule has 7 heteroatoms. The van der Waals surface area contributed by atoms with E-state index in [1.807, 2.05) is 22.6 Å². The van der Waals surface area contributed by atoms with Crippen molar-refractivity contribution in [3.05, 3.63) is 27.2 Å². The SMILES string of the molecule is Cc1nn2c(C(F)(F)F)ccnc2c1I. The van der Waals surface area contributed by atoms with Crippen LogP contribution in [-0.4, -0.2) is 14.6 Å². The number of aryl methyl sites for hydroxylation is 1. The van der Waals surface area contributed by atoms with E-state index in [1.54, 1.807) is 6.92 Å². The van der Waals surface area contributed by atoms with Crippen LogP contribution in [0.4, 0.5) is 13.2 Å². The van der Waals surface area contributed by atoms with E-state index in [4.69, 9.17) is 0 Å². The van der Waals surface area contributed by atoms with Crippen molar-refractivity contribution in [3.63, 3.8) is 0 Å². The average molecular weight is 327 g/mol. The van der Waals surface area contributed by atoms with Crippen molar-refractivity contribution < 1.29 is 13.2 Å². The summed E-state index contributed by atoms with van der Waals surface area (Å²) in [7, 11) is 0. The van der Waals surface area contributed by atoms with Crippen LogP contribution in [-0.2, 0) is 6.18 Å². The number of nitrogens with zero attached hydrogens (tertiary/aromatic N) is 3. The Bertz CT molecular complexity index is 518. The molecule has 80 valence electrons. The van der Waals surface area contributed by atoms with Gasteiger partial charge in [0.15, 0.2) is 5.65 Å². The van der Waals surface area contributed by atoms with E-state index >= 15 is 0 Å². The topological polar surface area (TPSA) is 30.2 Å². The van der Waals surface area contributed by atoms with Crippen molar-refractivity contribution in [3.8, 4) is 0 Å². The molecular formula is C8H5F3IN3. The molecule has 0 N–H and O–H groups in total. The summed E-state index contributed by atoms with van der Waals surface area (Å²) in [6, 6.07) is 0.912. The third-order valence-corrected chi connectivity index (χ3v) is 3.18. The maximum absolute atomic E-state index is 12.6. The Morgan fingerprint density at radius 3 is 2.67 bits per heavy atom. The lowest BCUT2D eigenvalue weighted by molar-refractivity contribution is -0.142. The van der Waals surface area contributed by atoms with Gasteiger partial charge >= 0.3 is 6.18 Å². The van der Waals surface area contributed by atoms with E-state index in [-0.39, 0.29) is 5.65 Å². The van der Waals surface area contributed by atoms with E-state index in [2.05, 4.69) is 10.1 Å². The fourth-order valence-corrected chi connectivity index (χ4v) is 1.71. The maximum Gasteiger partial charge on any atom is 0.433 e. The number of hydrogen-bond acceptors (Lipinski definition) is 2. The largest absolute Gasteiger partial charge is 0.433 e. The molecule has 0 aromatic carbocycles. The molecule has 0 fully saturated rings. The highest BCUT2D eigenvalue weighted by Gasteiger charge is 2.34. The molecule has 0 radical (unpaired) electrons. The van der Waals surface area contributed by atoms with E-state index < -0.39 is 11.9 Å². The normalized spacial score (nSPS) is 12.3. The number of hydrogen-bond donors (Lipinski definition) is 0. The Morgan fingerprint density at radius 1 is 1.40 bits per heavy atom. The lowest BCUT2D eigenvalue weighted by atomic mass is 10.4. The third kappa shape index (κ3) is 1.68. The molecule has 0 unspecified atom stereocenters. The quantitative estimate of drug-likeness (QED) is 0.697. The molecule has 0 bridgehead atoms. The molecule has 0 amide bonds. The molecule has 15 heavy (non-hydrogen) atoms. The van der Waals surface area contributed by atoms with Crippen molar-refractivity contribution in [2.45, 2.75) is 13.1 Å². The first-order valence-electron chi connectivity index (χ1n) is 3.98. The minimum Gasteiger partial charge on any atom is -0.236 e. The second kappa shape index (κ2) is 3.32. The van der Waals surface area contributed by atoms with Crippen molar-refractivity contribution in [1.29, 1.82) is 0 Å². The van der Waals surface area contributed by atoms with Crippen LogP contribution < -0.4 is 0 Å². The highest BCUT2D eigenvalue weighted by Crippen LogP contribution is 2.30. The van der Waals surface area contributed by atoms with Crippen molar-refractivity contribution in [2.24, 2.45) is 0 Å². The van der Waals surface area contributed by atoms with E-state index in [1.165, 1.54) is 0 Å². The van der Waals surface area contributed by atoms with Crippen LogP contribution in [0.2, 0.25) is 0 Å². The second-order valence-electron chi connectivity index (χ2n) is 2.96. The molecule has 0 spiro atoms. The van der Waals surface area contributed by atoms with Gasteiger partial charge in [0, 0.05) is 6.20 Å². The molecule has 2 aromatic heterocycles. The summed E-state index contributed by atoms with van der Waals surface area (Å²) in [5, 5.41) is 3.81. The van der Waals surface area contributed by atoms with Gasteiger partial charge in [-0.3, -0.25) is 0 Å². The lowest BCUT2D eigenvalue weighted by Crippen LogP contribution is -2.12. The van der Waals surface area contributed by atoms with Gasteiger partial charge < -0.3 is 0 Å². The summed E-state index contributed by atoms with van der Waals surface area (Å²) >= 11 is 1.93. The summed E-state index contributed by atoms with van der Waals surface area (Å²) in [4.78, 5) is 3.87. The van der Waals surface area contributed by atoms with Crippen molar-refractivity contribution in [2.75, 3.05) is 0 Å². The lowest BCUT2D eigenvalue weighted by Gasteiger charge is -2.07. The van der Waals surface area contributed by atoms with Crippen molar-refractivity contribution in [1.82, 2.24) is 14.6 Å². The Morgan fingerprint density at radius 2 is 2.07 bits per heavy atom. The number of aromatic nitrogens is 3. The third-order valence-electron chi connectivity index (χ3n) is 1.91. The molecule has 0 saturated heterocycles. The molecule has 0 atom stereocenters. The van der Waals surface area contributed by atoms with Crippen LogP contribution >= 0.6 is 22.6 Å². The zero-order chi connectivity index (χ0) is 11.2. The van der Waals surface area contributed by atoms with Crippen LogP contribution in [0.25, 0.3) is 5.65 Å². The molecule has 0 saturated carbocycles. The molecular weight excluding hydrogens is 322 g/mol. The molecule has 0 aliphatic carbocycles. The highest BCUT2D eigenvalue weighted by atomic mass is 127. The van der Waals surface area contributed by atoms with Gasteiger partial charge in [0.05, 0.1) is 9.26 Å². The summed E-state index contributed by atoms with van der Waals surface area (Å²) in [6.45, 7) is 1.65. The zero-order valence-electron chi connectivity index (χ0n) is 7.51. The van der Waals surface area contributed by atoms with Gasteiger partial charge in [0.1, 0.15) is 5.69 Å². The Balaban J connectivity index is 2.83. The fraction of sp³-hybridized carbons (Fsp3) is 0.250. The highest BCUT2D eigenvalue weighted by molar-refractivity contribution is 14.1. The minimum atomic E-state index is -4.41. The predicted octanol–water partition coefficient (Wildman–Crippen LogP) is 2.66. The van der Waals surface area contributed by atoms with Gasteiger partial charge in [-0.05, 0) is 35.6 Å². The summed E-state index contributed by atoms with van der Waals surface area (Å²) < 4.78 is 39.2. The van der Waals surface area contributed by atoms with E-state index in [0.717, 1.165) is 16.8 Å². The van der Waals surface area contributed by atoms with Gasteiger partial charge in [-0.15, -0.1) is 0 Å². The fourth-order valence-electron chi connectivity index (χ4n) is 1.24. The Hall–Kier alpha value is -0.860. The molecule has 0 aliphatic rings. The van der Waals surface area contributed by atoms with Crippen LogP contribution in [0, 0.1) is 10.5 Å². The first kappa shape index (κ1) is 10.7. The molecule has 2 rings (SSSR count). The van der Waals surface area contributed by atoms with E-state index in [9.17, 15) is 13.2 Å². The van der Waals surface area contributed by atoms with Crippen LogP contribution in [0.15, 0.2) is 12.3 Å². The average Bonchev–Trinajstić information content (AvgIpc) is 2.41. The van der Waals surface area contributed by atoms with E-state index in [0.29, 0.717) is 9.26 Å². The number of halogens is 4. The maximum atomic E-state index is 12.6. The van der Waals surface area contributed by atoms with Gasteiger partial charge in [-0.2, -0.15) is 18.3 Å². The first-order valence-corrected chi connectivity index (χ1v) is 5.06. The number of fused-ring (bicyclic) bond motifs is 1. The summed E-state index contributed by atoms with van der Waals surface area (Å²) in [5.41, 5.74) is -0.0266. The minimum absolute atomic E-state index is 0.239. The monoisotopic (exact) mass is 327 g/mol. The first-order chi connectivity index (χ1) is 6.91. The van der Waals surface area contributed by atoms with Gasteiger partial charge in [0.2, 0.25) is 0 Å². The molecule has 2 heterocycles. The second-order valence-corrected chi connectivity index (χ2v) is 4.04. The molecule has 0 aliphatic heterocycles. The number of alkyl halides is 3. The van der Waals surface area contributed by atoms with Crippen LogP contribution in [0.1, 0.15) is 11.4 Å². The summed E-state index contributed by atoms with van der Waals surface area (Å²) in [5.74, 6) is 0.